The van der Waals surface area contributed by atoms with Gasteiger partial charge in [0.15, 0.2) is 5.16 Å². The largest absolute Gasteiger partial charge is 0.493 e. The highest BCUT2D eigenvalue weighted by Crippen LogP contribution is 2.38. The molecule has 0 bridgehead atoms. The highest BCUT2D eigenvalue weighted by Gasteiger charge is 2.21. The Kier molecular flexibility index (Phi) is 6.78. The molecule has 0 unspecified atom stereocenters. The van der Waals surface area contributed by atoms with Crippen LogP contribution in [-0.4, -0.2) is 21.9 Å². The van der Waals surface area contributed by atoms with Gasteiger partial charge < -0.3 is 4.74 Å². The number of rotatable bonds is 8. The van der Waals surface area contributed by atoms with Crippen LogP contribution in [0.4, 0.5) is 0 Å². The molecule has 5 rings (SSSR count). The summed E-state index contributed by atoms with van der Waals surface area (Å²) in [6.45, 7) is 2.69. The second kappa shape index (κ2) is 10.4. The molecule has 1 heterocycles. The molecule has 168 valence electrons. The number of hydrogen-bond acceptors (Lipinski definition) is 3. The third-order valence-electron chi connectivity index (χ3n) is 5.56. The number of nitrogens with zero attached hydrogens (tertiary/aromatic N) is 2. The lowest BCUT2D eigenvalue weighted by Crippen LogP contribution is -2.03. The molecule has 0 atom stereocenters. The van der Waals surface area contributed by atoms with Gasteiger partial charge in [-0.25, -0.2) is 4.98 Å². The van der Waals surface area contributed by atoms with Gasteiger partial charge in [-0.15, -0.1) is 0 Å². The fraction of sp³-hybridized carbons (Fsp3) is 0.100. The van der Waals surface area contributed by atoms with Crippen molar-refractivity contribution in [2.45, 2.75) is 12.1 Å². The van der Waals surface area contributed by atoms with E-state index in [-0.39, 0.29) is 0 Å². The monoisotopic (exact) mass is 462 g/mol. The van der Waals surface area contributed by atoms with Gasteiger partial charge in [0, 0.05) is 22.6 Å². The smallest absolute Gasteiger partial charge is 0.173 e. The first-order valence-electron chi connectivity index (χ1n) is 11.4. The van der Waals surface area contributed by atoms with Crippen LogP contribution in [0.1, 0.15) is 5.56 Å². The van der Waals surface area contributed by atoms with Crippen molar-refractivity contribution in [2.75, 3.05) is 12.4 Å². The number of aryl methyl sites for hydroxylation is 1. The first kappa shape index (κ1) is 22.1. The highest BCUT2D eigenvalue weighted by molar-refractivity contribution is 7.99. The Morgan fingerprint density at radius 1 is 0.706 bits per heavy atom. The van der Waals surface area contributed by atoms with Crippen molar-refractivity contribution in [3.63, 3.8) is 0 Å². The Balaban J connectivity index is 1.52. The second-order valence-electron chi connectivity index (χ2n) is 8.00. The molecule has 4 aromatic carbocycles. The predicted octanol–water partition coefficient (Wildman–Crippen LogP) is 7.69. The van der Waals surface area contributed by atoms with E-state index in [1.54, 1.807) is 11.8 Å². The van der Waals surface area contributed by atoms with Crippen LogP contribution in [0, 0.1) is 6.92 Å². The highest BCUT2D eigenvalue weighted by atomic mass is 32.2. The lowest BCUT2D eigenvalue weighted by Gasteiger charge is -2.13. The van der Waals surface area contributed by atoms with Gasteiger partial charge >= 0.3 is 0 Å². The Bertz CT molecular complexity index is 1330. The molecule has 0 fully saturated rings. The summed E-state index contributed by atoms with van der Waals surface area (Å²) in [6, 6.07) is 39.6. The summed E-state index contributed by atoms with van der Waals surface area (Å²) in [4.78, 5) is 5.16. The zero-order chi connectivity index (χ0) is 23.2. The molecule has 4 heteroatoms. The number of imidazole rings is 1. The third kappa shape index (κ3) is 4.92. The first-order valence-corrected chi connectivity index (χ1v) is 12.4. The second-order valence-corrected chi connectivity index (χ2v) is 9.07. The van der Waals surface area contributed by atoms with Crippen molar-refractivity contribution in [3.05, 3.63) is 121 Å². The van der Waals surface area contributed by atoms with Gasteiger partial charge in [0.25, 0.3) is 0 Å². The number of hydrogen-bond donors (Lipinski definition) is 0. The molecule has 3 nitrogen and oxygen atoms in total. The zero-order valence-corrected chi connectivity index (χ0v) is 19.9. The summed E-state index contributed by atoms with van der Waals surface area (Å²) >= 11 is 1.72. The minimum Gasteiger partial charge on any atom is -0.493 e. The minimum atomic E-state index is 0.608. The summed E-state index contributed by atoms with van der Waals surface area (Å²) < 4.78 is 8.25. The molecule has 34 heavy (non-hydrogen) atoms. The molecule has 0 radical (unpaired) electrons. The quantitative estimate of drug-likeness (QED) is 0.175. The van der Waals surface area contributed by atoms with Crippen LogP contribution in [0.3, 0.4) is 0 Å². The van der Waals surface area contributed by atoms with Crippen LogP contribution >= 0.6 is 11.8 Å². The van der Waals surface area contributed by atoms with E-state index in [0.29, 0.717) is 6.61 Å². The van der Waals surface area contributed by atoms with Crippen LogP contribution in [0.15, 0.2) is 120 Å². The van der Waals surface area contributed by atoms with Crippen molar-refractivity contribution in [2.24, 2.45) is 0 Å². The van der Waals surface area contributed by atoms with E-state index in [2.05, 4.69) is 96.4 Å². The molecular formula is C30H26N2OS. The van der Waals surface area contributed by atoms with Gasteiger partial charge in [-0.1, -0.05) is 108 Å². The summed E-state index contributed by atoms with van der Waals surface area (Å²) in [5.74, 6) is 1.69. The van der Waals surface area contributed by atoms with Crippen molar-refractivity contribution < 1.29 is 4.74 Å². The van der Waals surface area contributed by atoms with Gasteiger partial charge in [0.2, 0.25) is 0 Å². The van der Waals surface area contributed by atoms with Crippen LogP contribution in [0.2, 0.25) is 0 Å². The normalized spacial score (nSPS) is 10.9. The van der Waals surface area contributed by atoms with Crippen LogP contribution in [-0.2, 0) is 0 Å². The van der Waals surface area contributed by atoms with Gasteiger partial charge in [-0.05, 0) is 31.2 Å². The summed E-state index contributed by atoms with van der Waals surface area (Å²) in [7, 11) is 0. The van der Waals surface area contributed by atoms with E-state index < -0.39 is 0 Å². The third-order valence-corrected chi connectivity index (χ3v) is 6.46. The molecule has 0 aliphatic rings. The van der Waals surface area contributed by atoms with Crippen molar-refractivity contribution in [1.82, 2.24) is 9.55 Å². The minimum absolute atomic E-state index is 0.608. The SMILES string of the molecule is Cc1ccc(OCCSc2nc(-c3ccccc3)c(-c3ccccc3)n2-c2ccccc2)cc1. The molecule has 0 aliphatic heterocycles. The molecule has 0 N–H and O–H groups in total. The van der Waals surface area contributed by atoms with E-state index >= 15 is 0 Å². The van der Waals surface area contributed by atoms with E-state index in [1.165, 1.54) is 5.56 Å². The Morgan fingerprint density at radius 2 is 1.29 bits per heavy atom. The van der Waals surface area contributed by atoms with Gasteiger partial charge in [-0.2, -0.15) is 0 Å². The number of thioether (sulfide) groups is 1. The molecule has 1 aromatic heterocycles. The Hall–Kier alpha value is -3.76. The average Bonchev–Trinajstić information content (AvgIpc) is 3.29. The number of aromatic nitrogens is 2. The summed E-state index contributed by atoms with van der Waals surface area (Å²) in [6.07, 6.45) is 0. The van der Waals surface area contributed by atoms with E-state index in [9.17, 15) is 0 Å². The molecule has 0 saturated carbocycles. The molecular weight excluding hydrogens is 436 g/mol. The average molecular weight is 463 g/mol. The zero-order valence-electron chi connectivity index (χ0n) is 19.1. The lowest BCUT2D eigenvalue weighted by atomic mass is 10.0. The van der Waals surface area contributed by atoms with E-state index in [4.69, 9.17) is 9.72 Å². The van der Waals surface area contributed by atoms with Crippen molar-refractivity contribution in [1.29, 1.82) is 0 Å². The maximum absolute atomic E-state index is 5.98. The molecule has 0 saturated heterocycles. The standard InChI is InChI=1S/C30H26N2OS/c1-23-17-19-27(20-18-23)33-21-22-34-30-31-28(24-11-5-2-6-12-24)29(25-13-7-3-8-14-25)32(30)26-15-9-4-10-16-26/h2-20H,21-22H2,1H3. The van der Waals surface area contributed by atoms with Crippen molar-refractivity contribution >= 4 is 11.8 Å². The fourth-order valence-corrected chi connectivity index (χ4v) is 4.73. The van der Waals surface area contributed by atoms with Gasteiger partial charge in [0.1, 0.15) is 5.75 Å². The van der Waals surface area contributed by atoms with Gasteiger partial charge in [0.05, 0.1) is 18.0 Å². The van der Waals surface area contributed by atoms with Crippen LogP contribution in [0.5, 0.6) is 5.75 Å². The van der Waals surface area contributed by atoms with Crippen molar-refractivity contribution in [3.8, 4) is 34.0 Å². The Morgan fingerprint density at radius 3 is 1.94 bits per heavy atom. The predicted molar refractivity (Wildman–Crippen MR) is 142 cm³/mol. The van der Waals surface area contributed by atoms with Gasteiger partial charge in [-0.3, -0.25) is 4.57 Å². The maximum Gasteiger partial charge on any atom is 0.173 e. The summed E-state index contributed by atoms with van der Waals surface area (Å²) in [5.41, 5.74) is 6.65. The number of ether oxygens (including phenoxy) is 1. The molecule has 0 amide bonds. The lowest BCUT2D eigenvalue weighted by molar-refractivity contribution is 0.344. The first-order chi connectivity index (χ1) is 16.8. The van der Waals surface area contributed by atoms with E-state index in [1.807, 2.05) is 30.3 Å². The number of benzene rings is 4. The summed E-state index contributed by atoms with van der Waals surface area (Å²) in [5, 5.41) is 0.955. The molecule has 0 aliphatic carbocycles. The topological polar surface area (TPSA) is 27.1 Å². The number of para-hydroxylation sites is 1. The molecule has 5 aromatic rings. The Labute approximate surface area is 205 Å². The fourth-order valence-electron chi connectivity index (χ4n) is 3.90. The molecule has 0 spiro atoms. The van der Waals surface area contributed by atoms with Crippen LogP contribution in [0.25, 0.3) is 28.2 Å². The van der Waals surface area contributed by atoms with Crippen LogP contribution < -0.4 is 4.74 Å². The maximum atomic E-state index is 5.98. The van der Waals surface area contributed by atoms with E-state index in [0.717, 1.165) is 44.9 Å².